The minimum atomic E-state index is -0.287. The molecule has 43 heavy (non-hydrogen) atoms. The molecule has 1 aliphatic carbocycles. The van der Waals surface area contributed by atoms with Crippen molar-refractivity contribution < 1.29 is 19.4 Å². The first-order valence-corrected chi connectivity index (χ1v) is 15.9. The van der Waals surface area contributed by atoms with Crippen molar-refractivity contribution >= 4 is 28.1 Å². The van der Waals surface area contributed by atoms with Gasteiger partial charge in [0, 0.05) is 39.7 Å². The Morgan fingerprint density at radius 2 is 1.95 bits per heavy atom. The normalized spacial score (nSPS) is 15.7. The highest BCUT2D eigenvalue weighted by Crippen LogP contribution is 2.47. The van der Waals surface area contributed by atoms with Crippen LogP contribution in [0.2, 0.25) is 0 Å². The number of benzene rings is 3. The lowest BCUT2D eigenvalue weighted by Gasteiger charge is -2.23. The summed E-state index contributed by atoms with van der Waals surface area (Å²) < 4.78 is 14.1. The van der Waals surface area contributed by atoms with Gasteiger partial charge in [0.05, 0.1) is 25.4 Å². The summed E-state index contributed by atoms with van der Waals surface area (Å²) in [6, 6.07) is 19.1. The molecular formula is C35H35N3O4S. The highest BCUT2D eigenvalue weighted by Gasteiger charge is 2.30. The van der Waals surface area contributed by atoms with Crippen molar-refractivity contribution in [1.82, 2.24) is 14.9 Å². The van der Waals surface area contributed by atoms with Crippen LogP contribution < -0.4 is 14.8 Å². The zero-order valence-corrected chi connectivity index (χ0v) is 25.0. The molecule has 220 valence electrons. The van der Waals surface area contributed by atoms with Crippen LogP contribution in [-0.2, 0) is 13.0 Å². The number of amides is 1. The van der Waals surface area contributed by atoms with Crippen LogP contribution in [-0.4, -0.2) is 34.3 Å². The topological polar surface area (TPSA) is 85.6 Å². The maximum atomic E-state index is 13.8. The molecule has 3 aromatic carbocycles. The van der Waals surface area contributed by atoms with E-state index in [1.54, 1.807) is 25.4 Å². The molecule has 0 spiro atoms. The number of rotatable bonds is 7. The van der Waals surface area contributed by atoms with Gasteiger partial charge in [-0.05, 0) is 72.7 Å². The quantitative estimate of drug-likeness (QED) is 0.203. The summed E-state index contributed by atoms with van der Waals surface area (Å²) in [5.41, 5.74) is 6.38. The van der Waals surface area contributed by atoms with E-state index in [-0.39, 0.29) is 17.7 Å². The van der Waals surface area contributed by atoms with Crippen LogP contribution in [0.15, 0.2) is 72.2 Å². The monoisotopic (exact) mass is 593 g/mol. The van der Waals surface area contributed by atoms with Crippen LogP contribution in [0.25, 0.3) is 22.2 Å². The molecule has 0 bridgehead atoms. The number of aromatic nitrogens is 2. The Labute approximate surface area is 255 Å². The summed E-state index contributed by atoms with van der Waals surface area (Å²) in [7, 11) is 1.68. The summed E-state index contributed by atoms with van der Waals surface area (Å²) in [5, 5.41) is 17.0. The summed E-state index contributed by atoms with van der Waals surface area (Å²) in [6.45, 7) is 1.24. The first-order chi connectivity index (χ1) is 21.1. The Hall–Kier alpha value is -4.30. The molecule has 8 heteroatoms. The maximum Gasteiger partial charge on any atom is 0.251 e. The van der Waals surface area contributed by atoms with E-state index in [2.05, 4.69) is 33.1 Å². The predicted octanol–water partition coefficient (Wildman–Crippen LogP) is 7.63. The van der Waals surface area contributed by atoms with E-state index in [4.69, 9.17) is 9.47 Å². The number of thiazole rings is 1. The molecule has 0 radical (unpaired) electrons. The van der Waals surface area contributed by atoms with Crippen LogP contribution in [0, 0.1) is 0 Å². The van der Waals surface area contributed by atoms with Crippen LogP contribution in [0.1, 0.15) is 70.6 Å². The first-order valence-electron chi connectivity index (χ1n) is 15.0. The van der Waals surface area contributed by atoms with Crippen molar-refractivity contribution in [2.24, 2.45) is 0 Å². The third-order valence-corrected chi connectivity index (χ3v) is 9.72. The van der Waals surface area contributed by atoms with Gasteiger partial charge in [0.2, 0.25) is 0 Å². The number of phenols is 1. The van der Waals surface area contributed by atoms with E-state index in [0.29, 0.717) is 31.1 Å². The number of nitrogens with zero attached hydrogens (tertiary/aromatic N) is 2. The highest BCUT2D eigenvalue weighted by molar-refractivity contribution is 7.09. The van der Waals surface area contributed by atoms with Crippen molar-refractivity contribution in [3.63, 3.8) is 0 Å². The fraction of sp³-hybridized carbons (Fsp3) is 0.314. The van der Waals surface area contributed by atoms with Crippen LogP contribution in [0.4, 0.5) is 0 Å². The second kappa shape index (κ2) is 11.8. The number of carbonyl (C=O) groups is 1. The van der Waals surface area contributed by atoms with Crippen molar-refractivity contribution in [2.75, 3.05) is 13.7 Å². The largest absolute Gasteiger partial charge is 0.508 e. The molecule has 1 atom stereocenters. The molecule has 2 aromatic heterocycles. The molecular weight excluding hydrogens is 558 g/mol. The molecule has 7 rings (SSSR count). The van der Waals surface area contributed by atoms with E-state index in [1.165, 1.54) is 60.1 Å². The fourth-order valence-corrected chi connectivity index (χ4v) is 7.44. The number of ether oxygens (including phenoxy) is 2. The Morgan fingerprint density at radius 1 is 1.12 bits per heavy atom. The average molecular weight is 594 g/mol. The standard InChI is InChI=1S/C35H35N3O4S/c1-41-26-12-14-28-31(21-26)42-17-16-38-30-20-24(9-13-27(30)32(33(28)38)23-5-3-2-4-6-23)34(40)37-29(35-36-15-18-43-35)19-22-7-10-25(39)11-8-22/h7-15,18,20-21,23,29,39H,2-6,16-17,19H2,1H3,(H,37,40)/t29-/m0/s1. The summed E-state index contributed by atoms with van der Waals surface area (Å²) in [6.07, 6.45) is 8.45. The smallest absolute Gasteiger partial charge is 0.251 e. The Bertz CT molecular complexity index is 1750. The van der Waals surface area contributed by atoms with Gasteiger partial charge in [-0.3, -0.25) is 4.79 Å². The van der Waals surface area contributed by atoms with E-state index in [1.807, 2.05) is 35.7 Å². The second-order valence-electron chi connectivity index (χ2n) is 11.5. The number of hydrogen-bond acceptors (Lipinski definition) is 6. The van der Waals surface area contributed by atoms with Crippen molar-refractivity contribution in [3.8, 4) is 28.5 Å². The van der Waals surface area contributed by atoms with E-state index >= 15 is 0 Å². The lowest BCUT2D eigenvalue weighted by Crippen LogP contribution is -2.30. The number of hydrogen-bond donors (Lipinski definition) is 2. The SMILES string of the molecule is COc1ccc2c(c1)OCCn1c-2c(C2CCCCC2)c2ccc(C(=O)N[C@@H](Cc3ccc(O)cc3)c3nccs3)cc21. The van der Waals surface area contributed by atoms with E-state index < -0.39 is 0 Å². The Balaban J connectivity index is 1.29. The average Bonchev–Trinajstić information content (AvgIpc) is 3.64. The maximum absolute atomic E-state index is 13.8. The number of carbonyl (C=O) groups excluding carboxylic acids is 1. The van der Waals surface area contributed by atoms with E-state index in [9.17, 15) is 9.90 Å². The van der Waals surface area contributed by atoms with Crippen LogP contribution in [0.3, 0.4) is 0 Å². The molecule has 1 amide bonds. The molecule has 2 N–H and O–H groups in total. The lowest BCUT2D eigenvalue weighted by atomic mass is 9.81. The number of phenolic OH excluding ortho intramolecular Hbond substituents is 1. The Morgan fingerprint density at radius 3 is 2.72 bits per heavy atom. The van der Waals surface area contributed by atoms with Gasteiger partial charge in [0.15, 0.2) is 0 Å². The van der Waals surface area contributed by atoms with Gasteiger partial charge in [-0.2, -0.15) is 0 Å². The Kier molecular flexibility index (Phi) is 7.53. The minimum Gasteiger partial charge on any atom is -0.508 e. The van der Waals surface area contributed by atoms with Gasteiger partial charge in [0.25, 0.3) is 5.91 Å². The molecule has 3 heterocycles. The van der Waals surface area contributed by atoms with Gasteiger partial charge in [0.1, 0.15) is 28.9 Å². The zero-order chi connectivity index (χ0) is 29.3. The summed E-state index contributed by atoms with van der Waals surface area (Å²) in [5.74, 6) is 2.18. The molecule has 2 aliphatic rings. The molecule has 1 saturated carbocycles. The number of aromatic hydroxyl groups is 1. The minimum absolute atomic E-state index is 0.134. The first kappa shape index (κ1) is 27.5. The summed E-state index contributed by atoms with van der Waals surface area (Å²) >= 11 is 1.53. The van der Waals surface area contributed by atoms with Crippen LogP contribution in [0.5, 0.6) is 17.2 Å². The van der Waals surface area contributed by atoms with Crippen molar-refractivity contribution in [2.45, 2.75) is 57.0 Å². The lowest BCUT2D eigenvalue weighted by molar-refractivity contribution is 0.0936. The zero-order valence-electron chi connectivity index (χ0n) is 24.2. The third-order valence-electron chi connectivity index (χ3n) is 8.83. The molecule has 1 fully saturated rings. The number of fused-ring (bicyclic) bond motifs is 5. The van der Waals surface area contributed by atoms with Gasteiger partial charge in [-0.15, -0.1) is 11.3 Å². The predicted molar refractivity (Wildman–Crippen MR) is 169 cm³/mol. The van der Waals surface area contributed by atoms with Gasteiger partial charge >= 0.3 is 0 Å². The molecule has 7 nitrogen and oxygen atoms in total. The number of nitrogens with one attached hydrogen (secondary N) is 1. The van der Waals surface area contributed by atoms with Gasteiger partial charge in [-0.1, -0.05) is 37.5 Å². The van der Waals surface area contributed by atoms with Crippen LogP contribution >= 0.6 is 11.3 Å². The number of methoxy groups -OCH3 is 1. The second-order valence-corrected chi connectivity index (χ2v) is 12.4. The fourth-order valence-electron chi connectivity index (χ4n) is 6.75. The molecule has 5 aromatic rings. The summed E-state index contributed by atoms with van der Waals surface area (Å²) in [4.78, 5) is 18.3. The van der Waals surface area contributed by atoms with E-state index in [0.717, 1.165) is 33.2 Å². The molecule has 0 saturated heterocycles. The van der Waals surface area contributed by atoms with Crippen molar-refractivity contribution in [1.29, 1.82) is 0 Å². The highest BCUT2D eigenvalue weighted by atomic mass is 32.1. The molecule has 0 unspecified atom stereocenters. The van der Waals surface area contributed by atoms with Crippen molar-refractivity contribution in [3.05, 3.63) is 93.9 Å². The van der Waals surface area contributed by atoms with Gasteiger partial charge < -0.3 is 24.5 Å². The molecule has 1 aliphatic heterocycles. The van der Waals surface area contributed by atoms with Gasteiger partial charge in [-0.25, -0.2) is 4.98 Å². The third kappa shape index (κ3) is 5.36.